The fourth-order valence-electron chi connectivity index (χ4n) is 2.15. The van der Waals surface area contributed by atoms with Crippen LogP contribution < -0.4 is 16.6 Å². The molecule has 1 unspecified atom stereocenters. The van der Waals surface area contributed by atoms with Crippen molar-refractivity contribution in [1.29, 1.82) is 5.26 Å². The highest BCUT2D eigenvalue weighted by atomic mass is 16.2. The Labute approximate surface area is 116 Å². The molecule has 1 saturated heterocycles. The molecule has 0 spiro atoms. The molecule has 20 heavy (non-hydrogen) atoms. The number of hydrogen-bond donors (Lipinski definition) is 3. The van der Waals surface area contributed by atoms with E-state index in [4.69, 9.17) is 11.0 Å². The van der Waals surface area contributed by atoms with Crippen LogP contribution in [0.3, 0.4) is 0 Å². The molecule has 1 fully saturated rings. The Morgan fingerprint density at radius 3 is 2.65 bits per heavy atom. The zero-order valence-corrected chi connectivity index (χ0v) is 10.8. The predicted molar refractivity (Wildman–Crippen MR) is 72.2 cm³/mol. The molecule has 0 bridgehead atoms. The van der Waals surface area contributed by atoms with E-state index in [1.807, 2.05) is 6.07 Å². The van der Waals surface area contributed by atoms with Crippen molar-refractivity contribution in [3.8, 4) is 6.07 Å². The Morgan fingerprint density at radius 2 is 2.05 bits per heavy atom. The number of primary amides is 1. The summed E-state index contributed by atoms with van der Waals surface area (Å²) in [6.07, 6.45) is 1.36. The van der Waals surface area contributed by atoms with Gasteiger partial charge < -0.3 is 10.6 Å². The molecule has 4 N–H and O–H groups in total. The standard InChI is InChI=1S/C13H15N5O2/c14-8-9-3-5-10(6-4-9)16-17-12(19)11-2-1-7-18(11)13(15)20/h3-6,11,16H,1-2,7H2,(H2,15,20)(H,17,19). The highest BCUT2D eigenvalue weighted by Crippen LogP contribution is 2.16. The Kier molecular flexibility index (Phi) is 4.05. The number of urea groups is 1. The highest BCUT2D eigenvalue weighted by molar-refractivity contribution is 5.87. The Hall–Kier alpha value is -2.75. The lowest BCUT2D eigenvalue weighted by Gasteiger charge is -2.22. The van der Waals surface area contributed by atoms with E-state index in [2.05, 4.69) is 10.9 Å². The summed E-state index contributed by atoms with van der Waals surface area (Å²) in [6.45, 7) is 0.504. The molecule has 1 aromatic carbocycles. The van der Waals surface area contributed by atoms with Crippen LogP contribution in [0.25, 0.3) is 0 Å². The summed E-state index contributed by atoms with van der Waals surface area (Å²) in [6, 6.07) is 7.53. The minimum Gasteiger partial charge on any atom is -0.351 e. The van der Waals surface area contributed by atoms with Crippen molar-refractivity contribution in [1.82, 2.24) is 10.3 Å². The molecule has 0 saturated carbocycles. The number of amides is 3. The number of carbonyl (C=O) groups excluding carboxylic acids is 2. The third kappa shape index (κ3) is 2.98. The van der Waals surface area contributed by atoms with Gasteiger partial charge in [0.1, 0.15) is 6.04 Å². The molecule has 0 radical (unpaired) electrons. The van der Waals surface area contributed by atoms with Crippen molar-refractivity contribution in [3.05, 3.63) is 29.8 Å². The maximum atomic E-state index is 12.0. The van der Waals surface area contributed by atoms with Crippen LogP contribution in [0.1, 0.15) is 18.4 Å². The number of nitrogens with two attached hydrogens (primary N) is 1. The molecule has 7 nitrogen and oxygen atoms in total. The van der Waals surface area contributed by atoms with Crippen LogP contribution in [0.5, 0.6) is 0 Å². The molecule has 2 rings (SSSR count). The fourth-order valence-corrected chi connectivity index (χ4v) is 2.15. The van der Waals surface area contributed by atoms with Crippen LogP contribution in [-0.2, 0) is 4.79 Å². The van der Waals surface area contributed by atoms with E-state index in [0.717, 1.165) is 6.42 Å². The van der Waals surface area contributed by atoms with Crippen LogP contribution in [0, 0.1) is 11.3 Å². The summed E-state index contributed by atoms with van der Waals surface area (Å²) in [7, 11) is 0. The van der Waals surface area contributed by atoms with Gasteiger partial charge in [-0.15, -0.1) is 0 Å². The van der Waals surface area contributed by atoms with Gasteiger partial charge in [0.05, 0.1) is 17.3 Å². The zero-order chi connectivity index (χ0) is 14.5. The van der Waals surface area contributed by atoms with Crippen molar-refractivity contribution in [2.24, 2.45) is 5.73 Å². The summed E-state index contributed by atoms with van der Waals surface area (Å²) in [5.74, 6) is -0.300. The number of benzene rings is 1. The third-order valence-electron chi connectivity index (χ3n) is 3.18. The van der Waals surface area contributed by atoms with Crippen LogP contribution in [-0.4, -0.2) is 29.4 Å². The molecule has 1 atom stereocenters. The van der Waals surface area contributed by atoms with Gasteiger partial charge in [-0.25, -0.2) is 4.79 Å². The van der Waals surface area contributed by atoms with Gasteiger partial charge in [0.15, 0.2) is 0 Å². The first kappa shape index (κ1) is 13.7. The van der Waals surface area contributed by atoms with Gasteiger partial charge in [-0.2, -0.15) is 5.26 Å². The van der Waals surface area contributed by atoms with Crippen LogP contribution >= 0.6 is 0 Å². The maximum Gasteiger partial charge on any atom is 0.315 e. The number of hydrogen-bond acceptors (Lipinski definition) is 4. The third-order valence-corrected chi connectivity index (χ3v) is 3.18. The molecule has 3 amide bonds. The number of nitriles is 1. The van der Waals surface area contributed by atoms with Crippen molar-refractivity contribution < 1.29 is 9.59 Å². The van der Waals surface area contributed by atoms with E-state index in [1.54, 1.807) is 24.3 Å². The SMILES string of the molecule is N#Cc1ccc(NNC(=O)C2CCCN2C(N)=O)cc1. The number of likely N-dealkylation sites (tertiary alicyclic amines) is 1. The lowest BCUT2D eigenvalue weighted by Crippen LogP contribution is -2.49. The normalized spacial score (nSPS) is 17.4. The summed E-state index contributed by atoms with van der Waals surface area (Å²) in [5, 5.41) is 8.68. The lowest BCUT2D eigenvalue weighted by molar-refractivity contribution is -0.124. The van der Waals surface area contributed by atoms with Crippen LogP contribution in [0.15, 0.2) is 24.3 Å². The maximum absolute atomic E-state index is 12.0. The molecule has 104 valence electrons. The zero-order valence-electron chi connectivity index (χ0n) is 10.8. The van der Waals surface area contributed by atoms with Crippen LogP contribution in [0.4, 0.5) is 10.5 Å². The topological polar surface area (TPSA) is 111 Å². The van der Waals surface area contributed by atoms with E-state index in [-0.39, 0.29) is 5.91 Å². The van der Waals surface area contributed by atoms with Gasteiger partial charge in [-0.3, -0.25) is 15.6 Å². The van der Waals surface area contributed by atoms with E-state index in [0.29, 0.717) is 24.2 Å². The molecule has 7 heteroatoms. The first-order chi connectivity index (χ1) is 9.61. The van der Waals surface area contributed by atoms with Gasteiger partial charge in [0, 0.05) is 6.54 Å². The fraction of sp³-hybridized carbons (Fsp3) is 0.308. The van der Waals surface area contributed by atoms with Crippen molar-refractivity contribution >= 4 is 17.6 Å². The highest BCUT2D eigenvalue weighted by Gasteiger charge is 2.32. The Bertz CT molecular complexity index is 549. The first-order valence-corrected chi connectivity index (χ1v) is 6.24. The minimum absolute atomic E-state index is 0.300. The van der Waals surface area contributed by atoms with Crippen LogP contribution in [0.2, 0.25) is 0 Å². The number of anilines is 1. The van der Waals surface area contributed by atoms with E-state index in [9.17, 15) is 9.59 Å². The monoisotopic (exact) mass is 273 g/mol. The second-order valence-corrected chi connectivity index (χ2v) is 4.49. The lowest BCUT2D eigenvalue weighted by atomic mass is 10.2. The van der Waals surface area contributed by atoms with Crippen molar-refractivity contribution in [2.45, 2.75) is 18.9 Å². The Morgan fingerprint density at radius 1 is 1.35 bits per heavy atom. The van der Waals surface area contributed by atoms with Gasteiger partial charge in [-0.1, -0.05) is 0 Å². The van der Waals surface area contributed by atoms with Gasteiger partial charge in [0.25, 0.3) is 5.91 Å². The number of rotatable bonds is 3. The molecule has 0 aliphatic carbocycles. The average Bonchev–Trinajstić information content (AvgIpc) is 2.95. The van der Waals surface area contributed by atoms with Crippen molar-refractivity contribution in [3.63, 3.8) is 0 Å². The quantitative estimate of drug-likeness (QED) is 0.698. The summed E-state index contributed by atoms with van der Waals surface area (Å²) < 4.78 is 0. The summed E-state index contributed by atoms with van der Waals surface area (Å²) in [4.78, 5) is 24.5. The molecular formula is C13H15N5O2. The largest absolute Gasteiger partial charge is 0.351 e. The van der Waals surface area contributed by atoms with Crippen molar-refractivity contribution in [2.75, 3.05) is 12.0 Å². The molecule has 1 aromatic rings. The van der Waals surface area contributed by atoms with Gasteiger partial charge in [0.2, 0.25) is 0 Å². The molecule has 1 aliphatic rings. The second kappa shape index (κ2) is 5.93. The van der Waals surface area contributed by atoms with Gasteiger partial charge in [-0.05, 0) is 37.1 Å². The summed E-state index contributed by atoms with van der Waals surface area (Å²) in [5.41, 5.74) is 11.7. The number of carbonyl (C=O) groups is 2. The smallest absolute Gasteiger partial charge is 0.315 e. The summed E-state index contributed by atoms with van der Waals surface area (Å²) >= 11 is 0. The number of nitrogens with one attached hydrogen (secondary N) is 2. The molecular weight excluding hydrogens is 258 g/mol. The van der Waals surface area contributed by atoms with E-state index < -0.39 is 12.1 Å². The Balaban J connectivity index is 1.91. The number of hydrazine groups is 1. The first-order valence-electron chi connectivity index (χ1n) is 6.24. The molecule has 1 heterocycles. The second-order valence-electron chi connectivity index (χ2n) is 4.49. The van der Waals surface area contributed by atoms with E-state index in [1.165, 1.54) is 4.90 Å². The average molecular weight is 273 g/mol. The molecule has 0 aromatic heterocycles. The molecule has 1 aliphatic heterocycles. The van der Waals surface area contributed by atoms with Gasteiger partial charge >= 0.3 is 6.03 Å². The minimum atomic E-state index is -0.582. The van der Waals surface area contributed by atoms with E-state index >= 15 is 0 Å². The number of nitrogens with zero attached hydrogens (tertiary/aromatic N) is 2. The predicted octanol–water partition coefficient (Wildman–Crippen LogP) is 0.544.